The molecule has 94 valence electrons. The number of benzene rings is 1. The Morgan fingerprint density at radius 1 is 1.33 bits per heavy atom. The Balaban J connectivity index is 1.90. The molecule has 0 bridgehead atoms. The Morgan fingerprint density at radius 3 is 2.61 bits per heavy atom. The molecular formula is C15H17NO2. The van der Waals surface area contributed by atoms with Crippen molar-refractivity contribution in [3.8, 4) is 12.3 Å². The summed E-state index contributed by atoms with van der Waals surface area (Å²) in [5.41, 5.74) is 0.821. The molecular weight excluding hydrogens is 226 g/mol. The van der Waals surface area contributed by atoms with E-state index in [0.717, 1.165) is 18.4 Å². The molecule has 0 radical (unpaired) electrons. The molecule has 0 heterocycles. The van der Waals surface area contributed by atoms with Crippen LogP contribution in [0.4, 0.5) is 4.79 Å². The second-order valence-electron chi connectivity index (χ2n) is 4.49. The van der Waals surface area contributed by atoms with E-state index in [1.807, 2.05) is 30.3 Å². The standard InChI is InChI=1S/C15H17NO2/c1-2-14(12-8-4-3-5-9-12)18-15(17)16-13-10-6-7-11-13/h1,3-5,8-9,13-14H,6-7,10-11H2,(H,16,17). The van der Waals surface area contributed by atoms with Gasteiger partial charge in [-0.15, -0.1) is 6.42 Å². The average Bonchev–Trinajstić information content (AvgIpc) is 2.90. The maximum absolute atomic E-state index is 11.7. The molecule has 0 spiro atoms. The fourth-order valence-corrected chi connectivity index (χ4v) is 2.20. The topological polar surface area (TPSA) is 38.3 Å². The summed E-state index contributed by atoms with van der Waals surface area (Å²) < 4.78 is 5.26. The molecule has 1 amide bonds. The van der Waals surface area contributed by atoms with Gasteiger partial charge in [0.2, 0.25) is 0 Å². The van der Waals surface area contributed by atoms with E-state index in [2.05, 4.69) is 11.2 Å². The second kappa shape index (κ2) is 6.11. The molecule has 2 rings (SSSR count). The Labute approximate surface area is 108 Å². The molecule has 1 saturated carbocycles. The van der Waals surface area contributed by atoms with Gasteiger partial charge in [-0.25, -0.2) is 4.79 Å². The molecule has 1 unspecified atom stereocenters. The van der Waals surface area contributed by atoms with Crippen molar-refractivity contribution in [3.63, 3.8) is 0 Å². The fourth-order valence-electron chi connectivity index (χ4n) is 2.20. The van der Waals surface area contributed by atoms with E-state index in [1.54, 1.807) is 0 Å². The number of nitrogens with one attached hydrogen (secondary N) is 1. The Bertz CT molecular complexity index is 430. The third kappa shape index (κ3) is 3.27. The summed E-state index contributed by atoms with van der Waals surface area (Å²) in [7, 11) is 0. The molecule has 0 saturated heterocycles. The summed E-state index contributed by atoms with van der Waals surface area (Å²) in [4.78, 5) is 11.7. The third-order valence-electron chi connectivity index (χ3n) is 3.16. The summed E-state index contributed by atoms with van der Waals surface area (Å²) in [6.07, 6.45) is 8.76. The van der Waals surface area contributed by atoms with Gasteiger partial charge in [0.1, 0.15) is 0 Å². The minimum atomic E-state index is -0.618. The van der Waals surface area contributed by atoms with Crippen LogP contribution in [0.5, 0.6) is 0 Å². The van der Waals surface area contributed by atoms with Gasteiger partial charge in [-0.2, -0.15) is 0 Å². The van der Waals surface area contributed by atoms with Gasteiger partial charge in [-0.3, -0.25) is 0 Å². The molecule has 0 aliphatic heterocycles. The maximum Gasteiger partial charge on any atom is 0.408 e. The summed E-state index contributed by atoms with van der Waals surface area (Å²) in [6.45, 7) is 0. The monoisotopic (exact) mass is 243 g/mol. The van der Waals surface area contributed by atoms with Crippen LogP contribution in [0.3, 0.4) is 0 Å². The molecule has 1 fully saturated rings. The SMILES string of the molecule is C#CC(OC(=O)NC1CCCC1)c1ccccc1. The van der Waals surface area contributed by atoms with Crippen LogP contribution in [0.15, 0.2) is 30.3 Å². The van der Waals surface area contributed by atoms with Crippen molar-refractivity contribution in [2.24, 2.45) is 0 Å². The van der Waals surface area contributed by atoms with E-state index in [-0.39, 0.29) is 6.04 Å². The van der Waals surface area contributed by atoms with Crippen LogP contribution in [-0.4, -0.2) is 12.1 Å². The van der Waals surface area contributed by atoms with E-state index in [1.165, 1.54) is 12.8 Å². The number of hydrogen-bond acceptors (Lipinski definition) is 2. The number of hydrogen-bond donors (Lipinski definition) is 1. The van der Waals surface area contributed by atoms with Crippen LogP contribution < -0.4 is 5.32 Å². The number of ether oxygens (including phenoxy) is 1. The van der Waals surface area contributed by atoms with Crippen LogP contribution in [-0.2, 0) is 4.74 Å². The molecule has 1 N–H and O–H groups in total. The van der Waals surface area contributed by atoms with Gasteiger partial charge in [0.05, 0.1) is 0 Å². The predicted molar refractivity (Wildman–Crippen MR) is 69.9 cm³/mol. The van der Waals surface area contributed by atoms with Crippen molar-refractivity contribution in [1.29, 1.82) is 0 Å². The first-order valence-corrected chi connectivity index (χ1v) is 6.28. The number of rotatable bonds is 3. The molecule has 3 nitrogen and oxygen atoms in total. The molecule has 1 atom stereocenters. The highest BCUT2D eigenvalue weighted by molar-refractivity contribution is 5.68. The number of carbonyl (C=O) groups is 1. The largest absolute Gasteiger partial charge is 0.428 e. The van der Waals surface area contributed by atoms with E-state index in [9.17, 15) is 4.79 Å². The van der Waals surface area contributed by atoms with E-state index >= 15 is 0 Å². The summed E-state index contributed by atoms with van der Waals surface area (Å²) in [5, 5.41) is 2.86. The second-order valence-corrected chi connectivity index (χ2v) is 4.49. The summed E-state index contributed by atoms with van der Waals surface area (Å²) in [5.74, 6) is 2.49. The minimum absolute atomic E-state index is 0.242. The Morgan fingerprint density at radius 2 is 2.00 bits per heavy atom. The van der Waals surface area contributed by atoms with E-state index in [4.69, 9.17) is 11.2 Å². The highest BCUT2D eigenvalue weighted by Gasteiger charge is 2.20. The van der Waals surface area contributed by atoms with Crippen molar-refractivity contribution < 1.29 is 9.53 Å². The van der Waals surface area contributed by atoms with Gasteiger partial charge >= 0.3 is 6.09 Å². The first-order chi connectivity index (χ1) is 8.79. The van der Waals surface area contributed by atoms with Crippen molar-refractivity contribution in [1.82, 2.24) is 5.32 Å². The predicted octanol–water partition coefficient (Wildman–Crippen LogP) is 3.03. The normalized spacial score (nSPS) is 16.8. The Kier molecular flexibility index (Phi) is 4.25. The van der Waals surface area contributed by atoms with Crippen molar-refractivity contribution in [2.75, 3.05) is 0 Å². The van der Waals surface area contributed by atoms with Gasteiger partial charge in [0.15, 0.2) is 6.10 Å². The quantitative estimate of drug-likeness (QED) is 0.829. The summed E-state index contributed by atoms with van der Waals surface area (Å²) >= 11 is 0. The highest BCUT2D eigenvalue weighted by Crippen LogP contribution is 2.19. The first kappa shape index (κ1) is 12.5. The number of terminal acetylenes is 1. The van der Waals surface area contributed by atoms with Crippen molar-refractivity contribution >= 4 is 6.09 Å². The molecule has 3 heteroatoms. The molecule has 1 aromatic carbocycles. The lowest BCUT2D eigenvalue weighted by Gasteiger charge is -2.16. The first-order valence-electron chi connectivity index (χ1n) is 6.28. The highest BCUT2D eigenvalue weighted by atomic mass is 16.6. The van der Waals surface area contributed by atoms with Crippen LogP contribution in [0.25, 0.3) is 0 Å². The zero-order valence-electron chi connectivity index (χ0n) is 10.3. The van der Waals surface area contributed by atoms with Crippen molar-refractivity contribution in [2.45, 2.75) is 37.8 Å². The minimum Gasteiger partial charge on any atom is -0.428 e. The van der Waals surface area contributed by atoms with Gasteiger partial charge < -0.3 is 10.1 Å². The van der Waals surface area contributed by atoms with Gasteiger partial charge in [0, 0.05) is 11.6 Å². The van der Waals surface area contributed by atoms with E-state index < -0.39 is 12.2 Å². The fraction of sp³-hybridized carbons (Fsp3) is 0.400. The van der Waals surface area contributed by atoms with Crippen LogP contribution in [0.2, 0.25) is 0 Å². The van der Waals surface area contributed by atoms with Crippen LogP contribution in [0.1, 0.15) is 37.4 Å². The number of amides is 1. The van der Waals surface area contributed by atoms with Gasteiger partial charge in [0.25, 0.3) is 0 Å². The van der Waals surface area contributed by atoms with Crippen molar-refractivity contribution in [3.05, 3.63) is 35.9 Å². The van der Waals surface area contributed by atoms with E-state index in [0.29, 0.717) is 0 Å². The summed E-state index contributed by atoms with van der Waals surface area (Å²) in [6, 6.07) is 9.60. The lowest BCUT2D eigenvalue weighted by atomic mass is 10.1. The maximum atomic E-state index is 11.7. The smallest absolute Gasteiger partial charge is 0.408 e. The lowest BCUT2D eigenvalue weighted by molar-refractivity contribution is 0.120. The molecule has 1 aliphatic rings. The molecule has 1 aliphatic carbocycles. The molecule has 1 aromatic rings. The number of carbonyl (C=O) groups excluding carboxylic acids is 1. The zero-order valence-corrected chi connectivity index (χ0v) is 10.3. The average molecular weight is 243 g/mol. The van der Waals surface area contributed by atoms with Crippen LogP contribution >= 0.6 is 0 Å². The molecule has 0 aromatic heterocycles. The Hall–Kier alpha value is -1.95. The van der Waals surface area contributed by atoms with Gasteiger partial charge in [-0.1, -0.05) is 49.1 Å². The zero-order chi connectivity index (χ0) is 12.8. The third-order valence-corrected chi connectivity index (χ3v) is 3.16. The lowest BCUT2D eigenvalue weighted by Crippen LogP contribution is -2.33. The molecule has 18 heavy (non-hydrogen) atoms. The van der Waals surface area contributed by atoms with Crippen LogP contribution in [0, 0.1) is 12.3 Å². The number of alkyl carbamates (subject to hydrolysis) is 1. The van der Waals surface area contributed by atoms with Gasteiger partial charge in [-0.05, 0) is 12.8 Å².